The second-order valence-electron chi connectivity index (χ2n) is 4.85. The summed E-state index contributed by atoms with van der Waals surface area (Å²) in [6.07, 6.45) is 0.991. The van der Waals surface area contributed by atoms with Gasteiger partial charge in [-0.1, -0.05) is 15.9 Å². The molecule has 3 aromatic rings. The zero-order chi connectivity index (χ0) is 14.1. The number of nitrogens with zero attached hydrogens (tertiary/aromatic N) is 2. The first kappa shape index (κ1) is 14.1. The number of fused-ring (bicyclic) bond motifs is 1. The van der Waals surface area contributed by atoms with Gasteiger partial charge in [-0.05, 0) is 53.9 Å². The highest BCUT2D eigenvalue weighted by molar-refractivity contribution is 9.10. The van der Waals surface area contributed by atoms with Crippen LogP contribution in [0.3, 0.4) is 0 Å². The highest BCUT2D eigenvalue weighted by Gasteiger charge is 2.16. The van der Waals surface area contributed by atoms with Crippen LogP contribution in [-0.4, -0.2) is 9.55 Å². The van der Waals surface area contributed by atoms with Gasteiger partial charge in [0.15, 0.2) is 0 Å². The Morgan fingerprint density at radius 2 is 2.25 bits per heavy atom. The highest BCUT2D eigenvalue weighted by atomic mass is 79.9. The van der Waals surface area contributed by atoms with E-state index in [-0.39, 0.29) is 0 Å². The second-order valence-corrected chi connectivity index (χ2v) is 6.81. The predicted molar refractivity (Wildman–Crippen MR) is 89.7 cm³/mol. The van der Waals surface area contributed by atoms with Gasteiger partial charge in [-0.2, -0.15) is 11.3 Å². The van der Waals surface area contributed by atoms with Crippen LogP contribution in [0.4, 0.5) is 0 Å². The molecule has 104 valence electrons. The minimum atomic E-state index is 0.331. The fraction of sp³-hybridized carbons (Fsp3) is 0.267. The summed E-state index contributed by atoms with van der Waals surface area (Å²) in [5.41, 5.74) is 3.50. The number of benzene rings is 1. The molecule has 0 saturated carbocycles. The van der Waals surface area contributed by atoms with E-state index < -0.39 is 0 Å². The van der Waals surface area contributed by atoms with Gasteiger partial charge in [0.25, 0.3) is 0 Å². The normalized spacial score (nSPS) is 12.9. The molecule has 2 heterocycles. The standard InChI is InChI=1S/C15H14BrClN2S/c1-10(6-11-4-5-20-9-11)19-14-7-12(16)2-3-13(14)18-15(19)8-17/h2-5,7,9-10H,6,8H2,1H3. The summed E-state index contributed by atoms with van der Waals surface area (Å²) >= 11 is 11.3. The molecule has 2 aromatic heterocycles. The Morgan fingerprint density at radius 1 is 1.40 bits per heavy atom. The molecule has 0 fully saturated rings. The number of halogens is 2. The number of hydrogen-bond acceptors (Lipinski definition) is 2. The summed E-state index contributed by atoms with van der Waals surface area (Å²) in [6, 6.07) is 8.67. The van der Waals surface area contributed by atoms with Gasteiger partial charge in [0.05, 0.1) is 16.9 Å². The topological polar surface area (TPSA) is 17.8 Å². The Balaban J connectivity index is 2.06. The number of hydrogen-bond donors (Lipinski definition) is 0. The zero-order valence-corrected chi connectivity index (χ0v) is 14.2. The summed E-state index contributed by atoms with van der Waals surface area (Å²) in [5, 5.41) is 4.32. The average molecular weight is 370 g/mol. The summed E-state index contributed by atoms with van der Waals surface area (Å²) < 4.78 is 3.32. The van der Waals surface area contributed by atoms with Crippen molar-refractivity contribution in [3.63, 3.8) is 0 Å². The van der Waals surface area contributed by atoms with E-state index in [9.17, 15) is 0 Å². The molecule has 0 aliphatic rings. The van der Waals surface area contributed by atoms with Gasteiger partial charge in [0.1, 0.15) is 5.82 Å². The molecular weight excluding hydrogens is 356 g/mol. The van der Waals surface area contributed by atoms with Gasteiger partial charge in [0.2, 0.25) is 0 Å². The lowest BCUT2D eigenvalue weighted by molar-refractivity contribution is 0.544. The Labute approximate surface area is 135 Å². The third-order valence-electron chi connectivity index (χ3n) is 3.40. The number of alkyl halides is 1. The molecule has 3 rings (SSSR count). The maximum absolute atomic E-state index is 6.08. The van der Waals surface area contributed by atoms with Crippen molar-refractivity contribution >= 4 is 49.9 Å². The zero-order valence-electron chi connectivity index (χ0n) is 11.0. The van der Waals surface area contributed by atoms with E-state index >= 15 is 0 Å². The van der Waals surface area contributed by atoms with Crippen molar-refractivity contribution < 1.29 is 0 Å². The first-order chi connectivity index (χ1) is 9.69. The van der Waals surface area contributed by atoms with Crippen LogP contribution < -0.4 is 0 Å². The number of aromatic nitrogens is 2. The molecule has 0 aliphatic carbocycles. The van der Waals surface area contributed by atoms with E-state index in [1.807, 2.05) is 12.1 Å². The minimum Gasteiger partial charge on any atom is -0.324 e. The smallest absolute Gasteiger partial charge is 0.125 e. The monoisotopic (exact) mass is 368 g/mol. The molecule has 1 atom stereocenters. The van der Waals surface area contributed by atoms with Crippen LogP contribution >= 0.6 is 38.9 Å². The van der Waals surface area contributed by atoms with Crippen molar-refractivity contribution in [1.29, 1.82) is 0 Å². The van der Waals surface area contributed by atoms with Crippen LogP contribution in [0.5, 0.6) is 0 Å². The molecule has 0 bridgehead atoms. The minimum absolute atomic E-state index is 0.331. The Bertz CT molecular complexity index is 721. The van der Waals surface area contributed by atoms with Crippen LogP contribution in [0, 0.1) is 0 Å². The van der Waals surface area contributed by atoms with Crippen LogP contribution in [0.25, 0.3) is 11.0 Å². The van der Waals surface area contributed by atoms with Crippen molar-refractivity contribution in [3.8, 4) is 0 Å². The first-order valence-electron chi connectivity index (χ1n) is 6.42. The number of rotatable bonds is 4. The third kappa shape index (κ3) is 2.65. The Hall–Kier alpha value is -0.840. The van der Waals surface area contributed by atoms with Gasteiger partial charge >= 0.3 is 0 Å². The van der Waals surface area contributed by atoms with E-state index in [2.05, 4.69) is 55.3 Å². The molecule has 0 spiro atoms. The van der Waals surface area contributed by atoms with Crippen molar-refractivity contribution in [1.82, 2.24) is 9.55 Å². The molecule has 1 unspecified atom stereocenters. The molecular formula is C15H14BrClN2S. The quantitative estimate of drug-likeness (QED) is 0.563. The molecule has 20 heavy (non-hydrogen) atoms. The second kappa shape index (κ2) is 5.88. The van der Waals surface area contributed by atoms with Gasteiger partial charge in [-0.25, -0.2) is 4.98 Å². The lowest BCUT2D eigenvalue weighted by Crippen LogP contribution is -2.10. The van der Waals surface area contributed by atoms with Gasteiger partial charge in [-0.15, -0.1) is 11.6 Å². The largest absolute Gasteiger partial charge is 0.324 e. The van der Waals surface area contributed by atoms with Gasteiger partial charge in [-0.3, -0.25) is 0 Å². The van der Waals surface area contributed by atoms with Crippen LogP contribution in [-0.2, 0) is 12.3 Å². The average Bonchev–Trinajstić information content (AvgIpc) is 3.04. The molecule has 0 amide bonds. The molecule has 0 N–H and O–H groups in total. The SMILES string of the molecule is CC(Cc1ccsc1)n1c(CCl)nc2ccc(Br)cc21. The Morgan fingerprint density at radius 3 is 2.95 bits per heavy atom. The molecule has 0 aliphatic heterocycles. The number of imidazole rings is 1. The van der Waals surface area contributed by atoms with E-state index in [1.54, 1.807) is 11.3 Å². The summed E-state index contributed by atoms with van der Waals surface area (Å²) in [5.74, 6) is 1.36. The van der Waals surface area contributed by atoms with Crippen molar-refractivity contribution in [2.24, 2.45) is 0 Å². The van der Waals surface area contributed by atoms with Crippen LogP contribution in [0.2, 0.25) is 0 Å². The third-order valence-corrected chi connectivity index (χ3v) is 4.86. The molecule has 1 aromatic carbocycles. The van der Waals surface area contributed by atoms with Crippen molar-refractivity contribution in [2.75, 3.05) is 0 Å². The fourth-order valence-corrected chi connectivity index (χ4v) is 3.76. The van der Waals surface area contributed by atoms with Crippen molar-refractivity contribution in [2.45, 2.75) is 25.3 Å². The first-order valence-corrected chi connectivity index (χ1v) is 8.69. The molecule has 2 nitrogen and oxygen atoms in total. The van der Waals surface area contributed by atoms with Crippen LogP contribution in [0.1, 0.15) is 24.4 Å². The molecule has 0 radical (unpaired) electrons. The van der Waals surface area contributed by atoms with E-state index in [4.69, 9.17) is 11.6 Å². The van der Waals surface area contributed by atoms with E-state index in [0.717, 1.165) is 27.8 Å². The lowest BCUT2D eigenvalue weighted by Gasteiger charge is -2.16. The van der Waals surface area contributed by atoms with Gasteiger partial charge < -0.3 is 4.57 Å². The van der Waals surface area contributed by atoms with Crippen LogP contribution in [0.15, 0.2) is 39.5 Å². The summed E-state index contributed by atoms with van der Waals surface area (Å²) in [4.78, 5) is 4.64. The number of thiophene rings is 1. The fourth-order valence-electron chi connectivity index (χ4n) is 2.54. The lowest BCUT2D eigenvalue weighted by atomic mass is 10.1. The van der Waals surface area contributed by atoms with Gasteiger partial charge in [0, 0.05) is 10.5 Å². The van der Waals surface area contributed by atoms with E-state index in [0.29, 0.717) is 11.9 Å². The summed E-state index contributed by atoms with van der Waals surface area (Å²) in [7, 11) is 0. The van der Waals surface area contributed by atoms with E-state index in [1.165, 1.54) is 5.56 Å². The molecule has 5 heteroatoms. The Kier molecular flexibility index (Phi) is 4.15. The molecule has 0 saturated heterocycles. The van der Waals surface area contributed by atoms with Crippen molar-refractivity contribution in [3.05, 3.63) is 50.9 Å². The highest BCUT2D eigenvalue weighted by Crippen LogP contribution is 2.27. The summed E-state index contributed by atoms with van der Waals surface area (Å²) in [6.45, 7) is 2.22. The maximum Gasteiger partial charge on any atom is 0.125 e. The predicted octanol–water partition coefficient (Wildman–Crippen LogP) is 5.40. The maximum atomic E-state index is 6.08.